The molecule has 0 radical (unpaired) electrons. The highest BCUT2D eigenvalue weighted by Gasteiger charge is 2.28. The van der Waals surface area contributed by atoms with Gasteiger partial charge in [-0.05, 0) is 48.2 Å². The van der Waals surface area contributed by atoms with Crippen LogP contribution in [0.5, 0.6) is 11.5 Å². The molecule has 1 amide bonds. The van der Waals surface area contributed by atoms with Gasteiger partial charge in [0.2, 0.25) is 5.91 Å². The molecule has 1 aliphatic heterocycles. The fraction of sp³-hybridized carbons (Fsp3) is 0.250. The van der Waals surface area contributed by atoms with Gasteiger partial charge in [0.1, 0.15) is 21.9 Å². The van der Waals surface area contributed by atoms with Gasteiger partial charge >= 0.3 is 5.97 Å². The summed E-state index contributed by atoms with van der Waals surface area (Å²) >= 11 is 6.40. The smallest absolute Gasteiger partial charge is 0.322 e. The molecule has 0 aromatic heterocycles. The number of hydrogen-bond donors (Lipinski definition) is 2. The first-order valence-corrected chi connectivity index (χ1v) is 9.94. The van der Waals surface area contributed by atoms with E-state index in [9.17, 15) is 9.59 Å². The number of thioether (sulfide) groups is 1. The molecule has 6 nitrogen and oxygen atoms in total. The molecular weight excluding hydrogens is 396 g/mol. The number of rotatable bonds is 7. The largest absolute Gasteiger partial charge is 0.468 e. The number of thiocarbonyl (C=S) groups is 1. The van der Waals surface area contributed by atoms with Gasteiger partial charge in [-0.1, -0.05) is 48.2 Å². The maximum Gasteiger partial charge on any atom is 0.322 e. The van der Waals surface area contributed by atoms with E-state index in [0.717, 1.165) is 11.1 Å². The number of carbonyl (C=O) groups excluding carboxylic acids is 2. The van der Waals surface area contributed by atoms with Gasteiger partial charge in [-0.25, -0.2) is 0 Å². The lowest BCUT2D eigenvalue weighted by Crippen LogP contribution is -2.33. The van der Waals surface area contributed by atoms with Crippen LogP contribution in [0.25, 0.3) is 0 Å². The molecule has 146 valence electrons. The van der Waals surface area contributed by atoms with E-state index >= 15 is 0 Å². The van der Waals surface area contributed by atoms with Crippen LogP contribution in [0.2, 0.25) is 0 Å². The van der Waals surface area contributed by atoms with E-state index in [1.54, 1.807) is 0 Å². The third-order valence-corrected chi connectivity index (χ3v) is 5.60. The Morgan fingerprint density at radius 2 is 1.71 bits per heavy atom. The number of methoxy groups -OCH3 is 1. The summed E-state index contributed by atoms with van der Waals surface area (Å²) in [4.78, 5) is 23.2. The summed E-state index contributed by atoms with van der Waals surface area (Å²) in [6, 6.07) is 14.3. The Balaban J connectivity index is 1.56. The third-order valence-electron chi connectivity index (χ3n) is 4.23. The van der Waals surface area contributed by atoms with Gasteiger partial charge in [0.25, 0.3) is 0 Å². The van der Waals surface area contributed by atoms with E-state index in [1.165, 1.54) is 18.9 Å². The normalized spacial score (nSPS) is 17.1. The van der Waals surface area contributed by atoms with Crippen LogP contribution >= 0.6 is 24.0 Å². The average Bonchev–Trinajstić information content (AvgIpc) is 3.01. The standard InChI is InChI=1S/C20H20N2O4S2/c1-25-19(24)16(21)10-12-2-6-14(7-3-12)26-15-8-4-13(5-9-15)11-17-18(23)22-20(27)28-17/h2-9,16-17H,10-11,21H2,1H3,(H,22,23,27)/t16-,17+/m0/s1. The molecule has 0 unspecified atom stereocenters. The lowest BCUT2D eigenvalue weighted by molar-refractivity contribution is -0.142. The second-order valence-corrected chi connectivity index (χ2v) is 8.19. The summed E-state index contributed by atoms with van der Waals surface area (Å²) in [5.41, 5.74) is 7.73. The maximum atomic E-state index is 11.8. The Kier molecular flexibility index (Phi) is 6.66. The van der Waals surface area contributed by atoms with Crippen molar-refractivity contribution < 1.29 is 19.1 Å². The summed E-state index contributed by atoms with van der Waals surface area (Å²) in [5, 5.41) is 2.48. The van der Waals surface area contributed by atoms with Crippen molar-refractivity contribution in [3.05, 3.63) is 59.7 Å². The molecule has 8 heteroatoms. The van der Waals surface area contributed by atoms with Crippen LogP contribution in [0.4, 0.5) is 0 Å². The molecule has 2 aromatic carbocycles. The van der Waals surface area contributed by atoms with E-state index < -0.39 is 12.0 Å². The summed E-state index contributed by atoms with van der Waals surface area (Å²) in [6.45, 7) is 0. The van der Waals surface area contributed by atoms with E-state index in [4.69, 9.17) is 22.7 Å². The number of benzene rings is 2. The molecule has 0 saturated carbocycles. The summed E-state index contributed by atoms with van der Waals surface area (Å²) in [6.07, 6.45) is 1.02. The molecule has 1 saturated heterocycles. The minimum Gasteiger partial charge on any atom is -0.468 e. The highest BCUT2D eigenvalue weighted by atomic mass is 32.2. The first-order chi connectivity index (χ1) is 13.4. The van der Waals surface area contributed by atoms with Crippen LogP contribution in [0, 0.1) is 0 Å². The number of nitrogens with two attached hydrogens (primary N) is 1. The van der Waals surface area contributed by atoms with Crippen molar-refractivity contribution in [3.63, 3.8) is 0 Å². The Hall–Kier alpha value is -2.42. The van der Waals surface area contributed by atoms with Crippen molar-refractivity contribution in [1.82, 2.24) is 5.32 Å². The number of esters is 1. The lowest BCUT2D eigenvalue weighted by Gasteiger charge is -2.11. The SMILES string of the molecule is COC(=O)[C@@H](N)Cc1ccc(Oc2ccc(C[C@H]3SC(=S)NC3=O)cc2)cc1. The number of nitrogens with one attached hydrogen (secondary N) is 1. The highest BCUT2D eigenvalue weighted by molar-refractivity contribution is 8.24. The van der Waals surface area contributed by atoms with Gasteiger partial charge in [-0.3, -0.25) is 9.59 Å². The maximum absolute atomic E-state index is 11.8. The van der Waals surface area contributed by atoms with Crippen LogP contribution in [0.3, 0.4) is 0 Å². The first kappa shape index (κ1) is 20.3. The van der Waals surface area contributed by atoms with Crippen molar-refractivity contribution in [2.45, 2.75) is 24.1 Å². The Bertz CT molecular complexity index is 869. The molecule has 0 aliphatic carbocycles. The molecule has 2 aromatic rings. The summed E-state index contributed by atoms with van der Waals surface area (Å²) in [5.74, 6) is 0.902. The topological polar surface area (TPSA) is 90.7 Å². The molecule has 3 N–H and O–H groups in total. The molecule has 3 rings (SSSR count). The van der Waals surface area contributed by atoms with Crippen molar-refractivity contribution in [2.75, 3.05) is 7.11 Å². The Morgan fingerprint density at radius 3 is 2.21 bits per heavy atom. The zero-order valence-electron chi connectivity index (χ0n) is 15.2. The van der Waals surface area contributed by atoms with Gasteiger partial charge in [-0.15, -0.1) is 0 Å². The number of carbonyl (C=O) groups is 2. The average molecular weight is 417 g/mol. The monoisotopic (exact) mass is 416 g/mol. The predicted molar refractivity (Wildman–Crippen MR) is 112 cm³/mol. The molecule has 1 aliphatic rings. The van der Waals surface area contributed by atoms with Gasteiger partial charge < -0.3 is 20.5 Å². The fourth-order valence-corrected chi connectivity index (χ4v) is 4.06. The summed E-state index contributed by atoms with van der Waals surface area (Å²) < 4.78 is 11.0. The van der Waals surface area contributed by atoms with Gasteiger partial charge in [-0.2, -0.15) is 0 Å². The van der Waals surface area contributed by atoms with E-state index in [1.807, 2.05) is 48.5 Å². The van der Waals surface area contributed by atoms with Crippen LogP contribution in [0.1, 0.15) is 11.1 Å². The third kappa shape index (κ3) is 5.31. The fourth-order valence-electron chi connectivity index (χ4n) is 2.75. The molecule has 2 atom stereocenters. The zero-order valence-corrected chi connectivity index (χ0v) is 16.8. The Labute approximate surface area is 172 Å². The van der Waals surface area contributed by atoms with Gasteiger partial charge in [0.05, 0.1) is 12.4 Å². The van der Waals surface area contributed by atoms with Crippen LogP contribution in [-0.4, -0.2) is 34.6 Å². The predicted octanol–water partition coefficient (Wildman–Crippen LogP) is 2.58. The second kappa shape index (κ2) is 9.18. The molecule has 28 heavy (non-hydrogen) atoms. The number of ether oxygens (including phenoxy) is 2. The quantitative estimate of drug-likeness (QED) is 0.530. The van der Waals surface area contributed by atoms with Gasteiger partial charge in [0, 0.05) is 0 Å². The molecule has 1 heterocycles. The first-order valence-electron chi connectivity index (χ1n) is 8.65. The molecular formula is C20H20N2O4S2. The second-order valence-electron chi connectivity index (χ2n) is 6.31. The molecule has 0 bridgehead atoms. The summed E-state index contributed by atoms with van der Waals surface area (Å²) in [7, 11) is 1.32. The van der Waals surface area contributed by atoms with Crippen molar-refractivity contribution >= 4 is 40.2 Å². The Morgan fingerprint density at radius 1 is 1.14 bits per heavy atom. The van der Waals surface area contributed by atoms with E-state index in [2.05, 4.69) is 10.1 Å². The zero-order chi connectivity index (χ0) is 20.1. The van der Waals surface area contributed by atoms with E-state index in [-0.39, 0.29) is 11.2 Å². The van der Waals surface area contributed by atoms with Crippen molar-refractivity contribution in [2.24, 2.45) is 5.73 Å². The van der Waals surface area contributed by atoms with Crippen molar-refractivity contribution in [1.29, 1.82) is 0 Å². The van der Waals surface area contributed by atoms with Crippen LogP contribution in [-0.2, 0) is 27.2 Å². The minimum absolute atomic E-state index is 0.0395. The number of hydrogen-bond acceptors (Lipinski definition) is 7. The van der Waals surface area contributed by atoms with Crippen molar-refractivity contribution in [3.8, 4) is 11.5 Å². The number of amides is 1. The molecule has 1 fully saturated rings. The highest BCUT2D eigenvalue weighted by Crippen LogP contribution is 2.26. The van der Waals surface area contributed by atoms with Gasteiger partial charge in [0.15, 0.2) is 0 Å². The van der Waals surface area contributed by atoms with Crippen LogP contribution in [0.15, 0.2) is 48.5 Å². The lowest BCUT2D eigenvalue weighted by atomic mass is 10.1. The van der Waals surface area contributed by atoms with E-state index in [0.29, 0.717) is 28.7 Å². The molecule has 0 spiro atoms. The van der Waals surface area contributed by atoms with Crippen LogP contribution < -0.4 is 15.8 Å². The minimum atomic E-state index is -0.682.